The van der Waals surface area contributed by atoms with Crippen LogP contribution in [0, 0.1) is 6.92 Å². The summed E-state index contributed by atoms with van der Waals surface area (Å²) >= 11 is 0. The van der Waals surface area contributed by atoms with Crippen molar-refractivity contribution in [2.45, 2.75) is 6.92 Å². The average molecular weight is 155 g/mol. The van der Waals surface area contributed by atoms with Gasteiger partial charge in [0.2, 0.25) is 5.88 Å². The number of hydrogen-bond acceptors (Lipinski definition) is 2. The first-order chi connectivity index (χ1) is 5.33. The molecule has 11 heavy (non-hydrogen) atoms. The van der Waals surface area contributed by atoms with E-state index in [-0.39, 0.29) is 6.61 Å². The molecule has 0 radical (unpaired) electrons. The van der Waals surface area contributed by atoms with Crippen LogP contribution in [0.3, 0.4) is 0 Å². The molecule has 2 nitrogen and oxygen atoms in total. The van der Waals surface area contributed by atoms with Crippen molar-refractivity contribution in [3.63, 3.8) is 0 Å². The lowest BCUT2D eigenvalue weighted by Gasteiger charge is -2.01. The van der Waals surface area contributed by atoms with E-state index in [0.29, 0.717) is 5.88 Å². The van der Waals surface area contributed by atoms with Crippen LogP contribution >= 0.6 is 0 Å². The maximum Gasteiger partial charge on any atom is 0.213 e. The van der Waals surface area contributed by atoms with Crippen LogP contribution in [0.15, 0.2) is 18.2 Å². The fourth-order valence-electron chi connectivity index (χ4n) is 0.742. The van der Waals surface area contributed by atoms with Gasteiger partial charge in [0.25, 0.3) is 0 Å². The maximum atomic E-state index is 11.6. The van der Waals surface area contributed by atoms with E-state index in [0.717, 1.165) is 5.69 Å². The third-order valence-corrected chi connectivity index (χ3v) is 1.19. The number of halogens is 1. The molecular formula is C8H10FNO. The average Bonchev–Trinajstić information content (AvgIpc) is 2.01. The quantitative estimate of drug-likeness (QED) is 0.663. The van der Waals surface area contributed by atoms with E-state index >= 15 is 0 Å². The molecule has 0 amide bonds. The molecule has 0 spiro atoms. The van der Waals surface area contributed by atoms with Crippen molar-refractivity contribution in [1.29, 1.82) is 0 Å². The predicted molar refractivity (Wildman–Crippen MR) is 40.4 cm³/mol. The first-order valence-corrected chi connectivity index (χ1v) is 3.45. The summed E-state index contributed by atoms with van der Waals surface area (Å²) in [6.07, 6.45) is 0. The molecule has 0 aliphatic heterocycles. The second kappa shape index (κ2) is 3.91. The number of aryl methyl sites for hydroxylation is 1. The summed E-state index contributed by atoms with van der Waals surface area (Å²) in [4.78, 5) is 4.02. The summed E-state index contributed by atoms with van der Waals surface area (Å²) in [7, 11) is 0. The minimum Gasteiger partial charge on any atom is -0.475 e. The maximum absolute atomic E-state index is 11.6. The summed E-state index contributed by atoms with van der Waals surface area (Å²) in [6.45, 7) is 1.47. The fourth-order valence-corrected chi connectivity index (χ4v) is 0.742. The zero-order valence-electron chi connectivity index (χ0n) is 6.38. The minimum absolute atomic E-state index is 0.0798. The molecule has 0 aliphatic carbocycles. The molecule has 3 heteroatoms. The lowest BCUT2D eigenvalue weighted by atomic mass is 10.4. The van der Waals surface area contributed by atoms with Crippen LogP contribution < -0.4 is 4.74 Å². The highest BCUT2D eigenvalue weighted by molar-refractivity contribution is 5.14. The van der Waals surface area contributed by atoms with E-state index in [9.17, 15) is 4.39 Å². The molecule has 0 aromatic carbocycles. The highest BCUT2D eigenvalue weighted by Gasteiger charge is 1.93. The lowest BCUT2D eigenvalue weighted by molar-refractivity contribution is 0.264. The van der Waals surface area contributed by atoms with E-state index in [1.165, 1.54) is 0 Å². The Morgan fingerprint density at radius 2 is 2.36 bits per heavy atom. The monoisotopic (exact) mass is 155 g/mol. The Balaban J connectivity index is 2.56. The number of pyridine rings is 1. The minimum atomic E-state index is -0.477. The van der Waals surface area contributed by atoms with Gasteiger partial charge in [0, 0.05) is 11.8 Å². The standard InChI is InChI=1S/C8H10FNO/c1-7-3-2-4-8(10-7)11-6-5-9/h2-4H,5-6H2,1H3. The van der Waals surface area contributed by atoms with Gasteiger partial charge in [0.05, 0.1) is 0 Å². The molecule has 0 saturated carbocycles. The van der Waals surface area contributed by atoms with Crippen molar-refractivity contribution in [3.05, 3.63) is 23.9 Å². The van der Waals surface area contributed by atoms with E-state index in [4.69, 9.17) is 4.74 Å². The van der Waals surface area contributed by atoms with Gasteiger partial charge in [-0.2, -0.15) is 0 Å². The molecule has 0 unspecified atom stereocenters. The van der Waals surface area contributed by atoms with Gasteiger partial charge in [0.1, 0.15) is 13.3 Å². The highest BCUT2D eigenvalue weighted by Crippen LogP contribution is 2.05. The van der Waals surface area contributed by atoms with Crippen LogP contribution in [0.2, 0.25) is 0 Å². The largest absolute Gasteiger partial charge is 0.475 e. The Morgan fingerprint density at radius 1 is 1.55 bits per heavy atom. The van der Waals surface area contributed by atoms with Crippen molar-refractivity contribution < 1.29 is 9.13 Å². The molecule has 1 heterocycles. The second-order valence-electron chi connectivity index (χ2n) is 2.15. The molecule has 0 atom stereocenters. The molecule has 1 aromatic rings. The number of rotatable bonds is 3. The van der Waals surface area contributed by atoms with Crippen LogP contribution in [-0.2, 0) is 0 Å². The third-order valence-electron chi connectivity index (χ3n) is 1.19. The van der Waals surface area contributed by atoms with Gasteiger partial charge in [-0.1, -0.05) is 6.07 Å². The summed E-state index contributed by atoms with van der Waals surface area (Å²) in [5, 5.41) is 0. The van der Waals surface area contributed by atoms with Gasteiger partial charge in [0.15, 0.2) is 0 Å². The third kappa shape index (κ3) is 2.53. The summed E-state index contributed by atoms with van der Waals surface area (Å²) < 4.78 is 16.6. The molecular weight excluding hydrogens is 145 g/mol. The van der Waals surface area contributed by atoms with Gasteiger partial charge < -0.3 is 4.74 Å². The van der Waals surface area contributed by atoms with Crippen molar-refractivity contribution in [1.82, 2.24) is 4.98 Å². The van der Waals surface area contributed by atoms with Gasteiger partial charge in [-0.25, -0.2) is 9.37 Å². The summed E-state index contributed by atoms with van der Waals surface area (Å²) in [5.41, 5.74) is 0.876. The number of nitrogens with zero attached hydrogens (tertiary/aromatic N) is 1. The SMILES string of the molecule is Cc1cccc(OCCF)n1. The number of aromatic nitrogens is 1. The Bertz CT molecular complexity index is 227. The van der Waals surface area contributed by atoms with Gasteiger partial charge in [-0.3, -0.25) is 0 Å². The Morgan fingerprint density at radius 3 is 3.00 bits per heavy atom. The Hall–Kier alpha value is -1.12. The number of hydrogen-bond donors (Lipinski definition) is 0. The Kier molecular flexibility index (Phi) is 2.83. The van der Waals surface area contributed by atoms with Crippen molar-refractivity contribution in [2.24, 2.45) is 0 Å². The molecule has 0 bridgehead atoms. The summed E-state index contributed by atoms with van der Waals surface area (Å²) in [6, 6.07) is 5.40. The van der Waals surface area contributed by atoms with Gasteiger partial charge >= 0.3 is 0 Å². The fraction of sp³-hybridized carbons (Fsp3) is 0.375. The smallest absolute Gasteiger partial charge is 0.213 e. The molecule has 0 aliphatic rings. The lowest BCUT2D eigenvalue weighted by Crippen LogP contribution is -2.00. The zero-order valence-corrected chi connectivity index (χ0v) is 6.38. The first-order valence-electron chi connectivity index (χ1n) is 3.45. The second-order valence-corrected chi connectivity index (χ2v) is 2.15. The molecule has 1 rings (SSSR count). The van der Waals surface area contributed by atoms with Crippen molar-refractivity contribution in [3.8, 4) is 5.88 Å². The predicted octanol–water partition coefficient (Wildman–Crippen LogP) is 1.74. The zero-order chi connectivity index (χ0) is 8.10. The van der Waals surface area contributed by atoms with Crippen LogP contribution in [0.4, 0.5) is 4.39 Å². The number of alkyl halides is 1. The van der Waals surface area contributed by atoms with Gasteiger partial charge in [-0.05, 0) is 13.0 Å². The topological polar surface area (TPSA) is 22.1 Å². The Labute approximate surface area is 65.0 Å². The molecule has 60 valence electrons. The summed E-state index contributed by atoms with van der Waals surface area (Å²) in [5.74, 6) is 0.489. The van der Waals surface area contributed by atoms with E-state index in [1.807, 2.05) is 19.1 Å². The van der Waals surface area contributed by atoms with Crippen LogP contribution in [0.25, 0.3) is 0 Å². The number of ether oxygens (including phenoxy) is 1. The molecule has 0 saturated heterocycles. The van der Waals surface area contributed by atoms with E-state index < -0.39 is 6.67 Å². The molecule has 0 fully saturated rings. The molecule has 0 N–H and O–H groups in total. The normalized spacial score (nSPS) is 9.64. The van der Waals surface area contributed by atoms with Crippen molar-refractivity contribution >= 4 is 0 Å². The van der Waals surface area contributed by atoms with Gasteiger partial charge in [-0.15, -0.1) is 0 Å². The van der Waals surface area contributed by atoms with E-state index in [1.54, 1.807) is 6.07 Å². The highest BCUT2D eigenvalue weighted by atomic mass is 19.1. The van der Waals surface area contributed by atoms with Crippen molar-refractivity contribution in [2.75, 3.05) is 13.3 Å². The van der Waals surface area contributed by atoms with Crippen LogP contribution in [0.1, 0.15) is 5.69 Å². The first kappa shape index (κ1) is 7.98. The molecule has 1 aromatic heterocycles. The van der Waals surface area contributed by atoms with E-state index in [2.05, 4.69) is 4.98 Å². The van der Waals surface area contributed by atoms with Crippen LogP contribution in [-0.4, -0.2) is 18.3 Å². The van der Waals surface area contributed by atoms with Crippen LogP contribution in [0.5, 0.6) is 5.88 Å².